The number of methoxy groups -OCH3 is 1. The molecule has 10 nitrogen and oxygen atoms in total. The van der Waals surface area contributed by atoms with Crippen LogP contribution in [0.5, 0.6) is 5.75 Å². The predicted octanol–water partition coefficient (Wildman–Crippen LogP) is 2.79. The molecule has 10 heteroatoms. The second-order valence-corrected chi connectivity index (χ2v) is 9.54. The van der Waals surface area contributed by atoms with Gasteiger partial charge in [0.25, 0.3) is 5.91 Å². The standard InChI is InChI=1S/C24H29N5O5/c1-23(2,3)17-8-7-16(13-18(17)33-5)21(30)29-20(19-25-10-12-34-19)27(4)14-24(29,22(31)32)15-28-11-6-9-26-28/h6-13,20H,14-15H2,1-5H3,(H,31,32). The number of aliphatic carboxylic acids is 1. The summed E-state index contributed by atoms with van der Waals surface area (Å²) in [6.07, 6.45) is 5.31. The van der Waals surface area contributed by atoms with Crippen molar-refractivity contribution < 1.29 is 23.8 Å². The van der Waals surface area contributed by atoms with Crippen molar-refractivity contribution >= 4 is 11.9 Å². The third-order valence-electron chi connectivity index (χ3n) is 6.16. The molecule has 3 aromatic rings. The summed E-state index contributed by atoms with van der Waals surface area (Å²) in [6, 6.07) is 6.93. The minimum Gasteiger partial charge on any atom is -0.496 e. The molecule has 1 aliphatic heterocycles. The van der Waals surface area contributed by atoms with Crippen molar-refractivity contribution in [2.45, 2.75) is 44.4 Å². The fourth-order valence-corrected chi connectivity index (χ4v) is 4.58. The highest BCUT2D eigenvalue weighted by molar-refractivity contribution is 5.99. The Hall–Kier alpha value is -3.66. The van der Waals surface area contributed by atoms with E-state index in [9.17, 15) is 14.7 Å². The number of carboxylic acids is 1. The van der Waals surface area contributed by atoms with Gasteiger partial charge in [0.2, 0.25) is 5.89 Å². The maximum absolute atomic E-state index is 14.1. The molecule has 0 aliphatic carbocycles. The molecule has 3 heterocycles. The molecule has 1 aromatic carbocycles. The number of benzene rings is 1. The van der Waals surface area contributed by atoms with Crippen molar-refractivity contribution in [3.05, 3.63) is 66.1 Å². The Bertz CT molecular complexity index is 1170. The van der Waals surface area contributed by atoms with Gasteiger partial charge in [-0.2, -0.15) is 5.10 Å². The Morgan fingerprint density at radius 1 is 1.29 bits per heavy atom. The summed E-state index contributed by atoms with van der Waals surface area (Å²) in [7, 11) is 3.30. The van der Waals surface area contributed by atoms with E-state index in [2.05, 4.69) is 30.9 Å². The number of carbonyl (C=O) groups is 2. The average Bonchev–Trinajstić information content (AvgIpc) is 3.53. The highest BCUT2D eigenvalue weighted by atomic mass is 16.5. The van der Waals surface area contributed by atoms with Crippen LogP contribution in [0.15, 0.2) is 53.5 Å². The van der Waals surface area contributed by atoms with Crippen molar-refractivity contribution in [2.24, 2.45) is 0 Å². The van der Waals surface area contributed by atoms with E-state index in [0.717, 1.165) is 5.56 Å². The van der Waals surface area contributed by atoms with E-state index in [-0.39, 0.29) is 24.4 Å². The fourth-order valence-electron chi connectivity index (χ4n) is 4.58. The number of rotatable bonds is 6. The molecule has 1 amide bonds. The first-order chi connectivity index (χ1) is 16.1. The highest BCUT2D eigenvalue weighted by Gasteiger charge is 2.59. The Kier molecular flexibility index (Phi) is 5.94. The number of hydrogen-bond acceptors (Lipinski definition) is 7. The van der Waals surface area contributed by atoms with Crippen LogP contribution in [0.25, 0.3) is 0 Å². The Labute approximate surface area is 197 Å². The third kappa shape index (κ3) is 3.94. The first kappa shape index (κ1) is 23.5. The molecule has 180 valence electrons. The van der Waals surface area contributed by atoms with Gasteiger partial charge in [-0.05, 0) is 36.2 Å². The van der Waals surface area contributed by atoms with Crippen LogP contribution in [-0.2, 0) is 16.8 Å². The molecule has 1 N–H and O–H groups in total. The van der Waals surface area contributed by atoms with Gasteiger partial charge in [0.1, 0.15) is 12.0 Å². The Balaban J connectivity index is 1.85. The fraction of sp³-hybridized carbons (Fsp3) is 0.417. The molecule has 0 radical (unpaired) electrons. The van der Waals surface area contributed by atoms with Crippen LogP contribution in [0.3, 0.4) is 0 Å². The summed E-state index contributed by atoms with van der Waals surface area (Å²) in [6.45, 7) is 6.18. The Morgan fingerprint density at radius 2 is 2.06 bits per heavy atom. The topological polar surface area (TPSA) is 114 Å². The van der Waals surface area contributed by atoms with E-state index in [1.54, 1.807) is 49.7 Å². The summed E-state index contributed by atoms with van der Waals surface area (Å²) >= 11 is 0. The van der Waals surface area contributed by atoms with Gasteiger partial charge in [-0.15, -0.1) is 0 Å². The average molecular weight is 468 g/mol. The molecular formula is C24H29N5O5. The second-order valence-electron chi connectivity index (χ2n) is 9.54. The lowest BCUT2D eigenvalue weighted by atomic mass is 9.85. The van der Waals surface area contributed by atoms with Crippen molar-refractivity contribution in [1.29, 1.82) is 0 Å². The zero-order valence-electron chi connectivity index (χ0n) is 19.9. The van der Waals surface area contributed by atoms with Crippen molar-refractivity contribution in [1.82, 2.24) is 24.6 Å². The SMILES string of the molecule is COc1cc(C(=O)N2C(c3ncco3)N(C)CC2(Cn2cccn2)C(=O)O)ccc1C(C)(C)C. The molecule has 0 bridgehead atoms. The molecule has 1 aliphatic rings. The monoisotopic (exact) mass is 467 g/mol. The van der Waals surface area contributed by atoms with Crippen LogP contribution in [0, 0.1) is 0 Å². The van der Waals surface area contributed by atoms with E-state index in [0.29, 0.717) is 11.3 Å². The molecule has 0 saturated carbocycles. The number of likely N-dealkylation sites (N-methyl/N-ethyl adjacent to an activating group) is 1. The molecule has 2 aromatic heterocycles. The van der Waals surface area contributed by atoms with Gasteiger partial charge in [0.15, 0.2) is 11.7 Å². The van der Waals surface area contributed by atoms with Gasteiger partial charge in [-0.1, -0.05) is 26.8 Å². The minimum atomic E-state index is -1.62. The number of ether oxygens (including phenoxy) is 1. The first-order valence-electron chi connectivity index (χ1n) is 10.9. The number of nitrogens with zero attached hydrogens (tertiary/aromatic N) is 5. The molecule has 1 fully saturated rings. The predicted molar refractivity (Wildman–Crippen MR) is 122 cm³/mol. The zero-order valence-corrected chi connectivity index (χ0v) is 19.9. The van der Waals surface area contributed by atoms with Crippen LogP contribution in [-0.4, -0.2) is 67.8 Å². The third-order valence-corrected chi connectivity index (χ3v) is 6.16. The van der Waals surface area contributed by atoms with Crippen LogP contribution in [0.1, 0.15) is 48.7 Å². The molecule has 2 unspecified atom stereocenters. The minimum absolute atomic E-state index is 0.0418. The molecule has 4 rings (SSSR count). The lowest BCUT2D eigenvalue weighted by Crippen LogP contribution is -2.58. The van der Waals surface area contributed by atoms with Gasteiger partial charge >= 0.3 is 5.97 Å². The van der Waals surface area contributed by atoms with Gasteiger partial charge in [-0.25, -0.2) is 9.78 Å². The first-order valence-corrected chi connectivity index (χ1v) is 10.9. The summed E-state index contributed by atoms with van der Waals surface area (Å²) in [5, 5.41) is 14.7. The van der Waals surface area contributed by atoms with E-state index in [1.165, 1.54) is 22.0 Å². The normalized spacial score (nSPS) is 21.1. The lowest BCUT2D eigenvalue weighted by Gasteiger charge is -2.36. The van der Waals surface area contributed by atoms with Crippen molar-refractivity contribution in [3.8, 4) is 5.75 Å². The number of carbonyl (C=O) groups excluding carboxylic acids is 1. The van der Waals surface area contributed by atoms with Gasteiger partial charge in [-0.3, -0.25) is 19.3 Å². The lowest BCUT2D eigenvalue weighted by molar-refractivity contribution is -0.149. The quantitative estimate of drug-likeness (QED) is 0.589. The highest BCUT2D eigenvalue weighted by Crippen LogP contribution is 2.41. The van der Waals surface area contributed by atoms with E-state index in [1.807, 2.05) is 6.07 Å². The molecule has 34 heavy (non-hydrogen) atoms. The largest absolute Gasteiger partial charge is 0.496 e. The molecule has 1 saturated heterocycles. The van der Waals surface area contributed by atoms with E-state index < -0.39 is 23.6 Å². The zero-order chi connectivity index (χ0) is 24.7. The summed E-state index contributed by atoms with van der Waals surface area (Å²) in [4.78, 5) is 34.2. The van der Waals surface area contributed by atoms with E-state index in [4.69, 9.17) is 9.15 Å². The summed E-state index contributed by atoms with van der Waals surface area (Å²) in [5.41, 5.74) is -0.572. The second kappa shape index (κ2) is 8.60. The number of oxazole rings is 1. The van der Waals surface area contributed by atoms with Gasteiger partial charge in [0, 0.05) is 24.5 Å². The number of aromatic nitrogens is 3. The van der Waals surface area contributed by atoms with Gasteiger partial charge < -0.3 is 14.3 Å². The van der Waals surface area contributed by atoms with Crippen LogP contribution in [0.4, 0.5) is 0 Å². The maximum atomic E-state index is 14.1. The van der Waals surface area contributed by atoms with E-state index >= 15 is 0 Å². The summed E-state index contributed by atoms with van der Waals surface area (Å²) < 4.78 is 12.6. The smallest absolute Gasteiger partial charge is 0.333 e. The Morgan fingerprint density at radius 3 is 2.62 bits per heavy atom. The van der Waals surface area contributed by atoms with Gasteiger partial charge in [0.05, 0.1) is 19.9 Å². The van der Waals surface area contributed by atoms with Crippen molar-refractivity contribution in [2.75, 3.05) is 20.7 Å². The number of amides is 1. The van der Waals surface area contributed by atoms with Crippen LogP contribution in [0.2, 0.25) is 0 Å². The molecule has 2 atom stereocenters. The molecular weight excluding hydrogens is 438 g/mol. The number of carboxylic acid groups (broad SMARTS) is 1. The van der Waals surface area contributed by atoms with Crippen molar-refractivity contribution in [3.63, 3.8) is 0 Å². The van der Waals surface area contributed by atoms with Crippen LogP contribution >= 0.6 is 0 Å². The maximum Gasteiger partial charge on any atom is 0.333 e. The summed E-state index contributed by atoms with van der Waals surface area (Å²) in [5.74, 6) is -0.819. The van der Waals surface area contributed by atoms with Crippen LogP contribution < -0.4 is 4.74 Å². The molecule has 0 spiro atoms. The number of hydrogen-bond donors (Lipinski definition) is 1.